The summed E-state index contributed by atoms with van der Waals surface area (Å²) in [4.78, 5) is 51.0. The number of aromatic nitrogens is 2. The van der Waals surface area contributed by atoms with Gasteiger partial charge in [0.2, 0.25) is 5.91 Å². The third kappa shape index (κ3) is 7.40. The van der Waals surface area contributed by atoms with Crippen molar-refractivity contribution in [2.24, 2.45) is 5.41 Å². The van der Waals surface area contributed by atoms with E-state index in [1.165, 1.54) is 25.6 Å². The van der Waals surface area contributed by atoms with Gasteiger partial charge in [-0.25, -0.2) is 23.6 Å². The van der Waals surface area contributed by atoms with E-state index in [1.807, 2.05) is 0 Å². The molecule has 2 aromatic carbocycles. The topological polar surface area (TPSA) is 138 Å². The van der Waals surface area contributed by atoms with E-state index in [1.54, 1.807) is 40.8 Å². The minimum absolute atomic E-state index is 0. The quantitative estimate of drug-likeness (QED) is 0.277. The molecule has 1 saturated heterocycles. The van der Waals surface area contributed by atoms with Crippen molar-refractivity contribution in [2.75, 3.05) is 30.9 Å². The van der Waals surface area contributed by atoms with Gasteiger partial charge < -0.3 is 26.0 Å². The normalized spacial score (nSPS) is 16.0. The highest BCUT2D eigenvalue weighted by atomic mass is 35.5. The lowest BCUT2D eigenvalue weighted by atomic mass is 9.85. The number of nitrogens with one attached hydrogen (secondary N) is 4. The minimum atomic E-state index is -1.10. The van der Waals surface area contributed by atoms with Crippen LogP contribution in [0.5, 0.6) is 5.75 Å². The SMILES string of the molecule is CN[C@@H](C)C(=O)N[C@H](C(=O)N(C(=O)[C@@H]1CCCN1)c1cc2c(Nc3ccc(F)cc3F)ncnc2cc1OC)C(C)(C)C.Cl. The number of benzene rings is 2. The molecular formula is C30H38ClF2N7O4. The van der Waals surface area contributed by atoms with E-state index in [4.69, 9.17) is 4.74 Å². The van der Waals surface area contributed by atoms with E-state index < -0.39 is 52.9 Å². The van der Waals surface area contributed by atoms with Gasteiger partial charge in [0.05, 0.1) is 36.1 Å². The molecule has 1 aliphatic heterocycles. The zero-order valence-corrected chi connectivity index (χ0v) is 26.3. The number of fused-ring (bicyclic) bond motifs is 1. The predicted molar refractivity (Wildman–Crippen MR) is 166 cm³/mol. The zero-order chi connectivity index (χ0) is 31.5. The van der Waals surface area contributed by atoms with Crippen LogP contribution in [-0.4, -0.2) is 66.5 Å². The molecule has 0 spiro atoms. The van der Waals surface area contributed by atoms with Crippen LogP contribution in [0.3, 0.4) is 0 Å². The molecule has 1 fully saturated rings. The molecule has 0 saturated carbocycles. The molecule has 3 aromatic rings. The summed E-state index contributed by atoms with van der Waals surface area (Å²) in [6, 6.07) is 3.80. The van der Waals surface area contributed by atoms with E-state index in [0.29, 0.717) is 23.9 Å². The molecule has 0 unspecified atom stereocenters. The van der Waals surface area contributed by atoms with Crippen molar-refractivity contribution in [3.8, 4) is 5.75 Å². The first-order valence-electron chi connectivity index (χ1n) is 14.0. The average molecular weight is 634 g/mol. The Morgan fingerprint density at radius 3 is 2.45 bits per heavy atom. The van der Waals surface area contributed by atoms with Gasteiger partial charge in [-0.1, -0.05) is 20.8 Å². The van der Waals surface area contributed by atoms with E-state index >= 15 is 0 Å². The number of hydrogen-bond donors (Lipinski definition) is 4. The van der Waals surface area contributed by atoms with Crippen LogP contribution in [0.4, 0.5) is 26.0 Å². The number of likely N-dealkylation sites (N-methyl/N-ethyl adjacent to an activating group) is 1. The molecular weight excluding hydrogens is 596 g/mol. The van der Waals surface area contributed by atoms with Crippen molar-refractivity contribution in [1.82, 2.24) is 25.9 Å². The molecule has 1 aliphatic rings. The van der Waals surface area contributed by atoms with Gasteiger partial charge in [0.15, 0.2) is 0 Å². The van der Waals surface area contributed by atoms with Gasteiger partial charge in [0, 0.05) is 17.5 Å². The fourth-order valence-electron chi connectivity index (χ4n) is 4.80. The van der Waals surface area contributed by atoms with E-state index in [-0.39, 0.29) is 35.3 Å². The molecule has 44 heavy (non-hydrogen) atoms. The van der Waals surface area contributed by atoms with Gasteiger partial charge in [-0.15, -0.1) is 12.4 Å². The predicted octanol–water partition coefficient (Wildman–Crippen LogP) is 3.83. The van der Waals surface area contributed by atoms with Crippen LogP contribution >= 0.6 is 12.4 Å². The van der Waals surface area contributed by atoms with Crippen molar-refractivity contribution in [3.63, 3.8) is 0 Å². The van der Waals surface area contributed by atoms with Crippen molar-refractivity contribution >= 4 is 58.2 Å². The molecule has 3 amide bonds. The van der Waals surface area contributed by atoms with Crippen molar-refractivity contribution < 1.29 is 27.9 Å². The number of hydrogen-bond acceptors (Lipinski definition) is 9. The Bertz CT molecular complexity index is 1530. The number of nitrogens with zero attached hydrogens (tertiary/aromatic N) is 3. The van der Waals surface area contributed by atoms with E-state index in [0.717, 1.165) is 23.5 Å². The van der Waals surface area contributed by atoms with Gasteiger partial charge in [-0.05, 0) is 57.0 Å². The Hall–Kier alpha value is -3.94. The maximum atomic E-state index is 14.5. The van der Waals surface area contributed by atoms with Gasteiger partial charge in [0.1, 0.15) is 35.6 Å². The van der Waals surface area contributed by atoms with Crippen LogP contribution in [0.15, 0.2) is 36.7 Å². The summed E-state index contributed by atoms with van der Waals surface area (Å²) >= 11 is 0. The number of rotatable bonds is 9. The first kappa shape index (κ1) is 34.5. The summed E-state index contributed by atoms with van der Waals surface area (Å²) in [5.74, 6) is -2.82. The summed E-state index contributed by atoms with van der Waals surface area (Å²) in [5, 5.41) is 12.0. The maximum Gasteiger partial charge on any atom is 0.257 e. The number of methoxy groups -OCH3 is 1. The molecule has 3 atom stereocenters. The second kappa shape index (κ2) is 14.2. The molecule has 0 bridgehead atoms. The first-order valence-corrected chi connectivity index (χ1v) is 14.0. The number of halogens is 3. The smallest absolute Gasteiger partial charge is 0.257 e. The molecule has 4 N–H and O–H groups in total. The first-order chi connectivity index (χ1) is 20.3. The second-order valence-electron chi connectivity index (χ2n) is 11.5. The maximum absolute atomic E-state index is 14.5. The average Bonchev–Trinajstić information content (AvgIpc) is 3.51. The summed E-state index contributed by atoms with van der Waals surface area (Å²) in [6.07, 6.45) is 2.52. The van der Waals surface area contributed by atoms with Crippen LogP contribution in [0.1, 0.15) is 40.5 Å². The highest BCUT2D eigenvalue weighted by Gasteiger charge is 2.42. The van der Waals surface area contributed by atoms with E-state index in [2.05, 4.69) is 31.2 Å². The molecule has 4 rings (SSSR count). The summed E-state index contributed by atoms with van der Waals surface area (Å²) in [7, 11) is 3.03. The zero-order valence-electron chi connectivity index (χ0n) is 25.5. The van der Waals surface area contributed by atoms with Crippen molar-refractivity contribution in [2.45, 2.75) is 58.7 Å². The standard InChI is InChI=1S/C30H37F2N7O4.ClH/c1-16(33-5)27(40)38-25(30(2,3)4)29(42)39(28(41)21-8-7-11-34-21)23-13-18-22(14-24(23)43-6)35-15-36-26(18)37-20-10-9-17(31)12-19(20)32;/h9-10,12-16,21,25,33-34H,7-8,11H2,1-6H3,(H,38,40)(H,35,36,37);1H/t16-,21-,25+;/m0./s1. The second-order valence-corrected chi connectivity index (χ2v) is 11.5. The summed E-state index contributed by atoms with van der Waals surface area (Å²) in [5.41, 5.74) is -0.349. The highest BCUT2D eigenvalue weighted by molar-refractivity contribution is 6.20. The lowest BCUT2D eigenvalue weighted by Gasteiger charge is -2.36. The van der Waals surface area contributed by atoms with E-state index in [9.17, 15) is 23.2 Å². The fourth-order valence-corrected chi connectivity index (χ4v) is 4.80. The highest BCUT2D eigenvalue weighted by Crippen LogP contribution is 2.38. The molecule has 14 heteroatoms. The summed E-state index contributed by atoms with van der Waals surface area (Å²) in [6.45, 7) is 7.65. The van der Waals surface area contributed by atoms with Crippen molar-refractivity contribution in [1.29, 1.82) is 0 Å². The third-order valence-corrected chi connectivity index (χ3v) is 7.39. The number of amides is 3. The minimum Gasteiger partial charge on any atom is -0.494 e. The molecule has 238 valence electrons. The Morgan fingerprint density at radius 2 is 1.86 bits per heavy atom. The number of carbonyl (C=O) groups is 3. The Labute approximate surface area is 260 Å². The number of anilines is 3. The lowest BCUT2D eigenvalue weighted by molar-refractivity contribution is -0.134. The Kier molecular flexibility index (Phi) is 11.2. The molecule has 0 aliphatic carbocycles. The molecule has 11 nitrogen and oxygen atoms in total. The van der Waals surface area contributed by atoms with Crippen LogP contribution < -0.4 is 30.9 Å². The Balaban J connectivity index is 0.00000529. The Morgan fingerprint density at radius 1 is 1.14 bits per heavy atom. The van der Waals surface area contributed by atoms with Crippen molar-refractivity contribution in [3.05, 3.63) is 48.3 Å². The van der Waals surface area contributed by atoms with Crippen LogP contribution in [0.2, 0.25) is 0 Å². The summed E-state index contributed by atoms with van der Waals surface area (Å²) < 4.78 is 33.7. The van der Waals surface area contributed by atoms with Gasteiger partial charge >= 0.3 is 0 Å². The third-order valence-electron chi connectivity index (χ3n) is 7.39. The number of ether oxygens (including phenoxy) is 1. The van der Waals surface area contributed by atoms with Gasteiger partial charge in [-0.3, -0.25) is 14.4 Å². The van der Waals surface area contributed by atoms with Gasteiger partial charge in [-0.2, -0.15) is 0 Å². The molecule has 1 aromatic heterocycles. The van der Waals surface area contributed by atoms with Crippen LogP contribution in [0.25, 0.3) is 10.9 Å². The largest absolute Gasteiger partial charge is 0.494 e. The monoisotopic (exact) mass is 633 g/mol. The number of carbonyl (C=O) groups excluding carboxylic acids is 3. The lowest BCUT2D eigenvalue weighted by Crippen LogP contribution is -2.60. The van der Waals surface area contributed by atoms with Gasteiger partial charge in [0.25, 0.3) is 11.8 Å². The number of imide groups is 1. The fraction of sp³-hybridized carbons (Fsp3) is 0.433. The van der Waals surface area contributed by atoms with Crippen LogP contribution in [0, 0.1) is 17.0 Å². The molecule has 0 radical (unpaired) electrons. The molecule has 2 heterocycles. The van der Waals surface area contributed by atoms with Crippen LogP contribution in [-0.2, 0) is 14.4 Å².